The van der Waals surface area contributed by atoms with Crippen molar-refractivity contribution in [3.05, 3.63) is 24.0 Å². The van der Waals surface area contributed by atoms with Gasteiger partial charge in [0.25, 0.3) is 0 Å². The zero-order valence-corrected chi connectivity index (χ0v) is 16.2. The Balaban J connectivity index is 0.00000192. The molecule has 6 nitrogen and oxygen atoms in total. The Hall–Kier alpha value is -0.800. The predicted octanol–water partition coefficient (Wildman–Crippen LogP) is 1.60. The summed E-state index contributed by atoms with van der Waals surface area (Å²) in [5.74, 6) is 0.940. The summed E-state index contributed by atoms with van der Waals surface area (Å²) in [4.78, 5) is 6.70. The van der Waals surface area contributed by atoms with Gasteiger partial charge in [0.2, 0.25) is 0 Å². The van der Waals surface area contributed by atoms with Gasteiger partial charge in [-0.25, -0.2) is 0 Å². The van der Waals surface area contributed by atoms with Crippen molar-refractivity contribution in [3.63, 3.8) is 0 Å². The first kappa shape index (κ1) is 18.5. The van der Waals surface area contributed by atoms with Crippen molar-refractivity contribution in [2.45, 2.75) is 31.6 Å². The first-order valence-corrected chi connectivity index (χ1v) is 8.06. The average molecular weight is 434 g/mol. The molecule has 0 aromatic carbocycles. The molecular formula is C16H27IN4O2. The number of rotatable bonds is 3. The van der Waals surface area contributed by atoms with Gasteiger partial charge < -0.3 is 24.3 Å². The molecule has 0 spiro atoms. The Morgan fingerprint density at radius 1 is 1.35 bits per heavy atom. The van der Waals surface area contributed by atoms with Crippen LogP contribution in [0.4, 0.5) is 0 Å². The monoisotopic (exact) mass is 434 g/mol. The van der Waals surface area contributed by atoms with E-state index in [1.807, 2.05) is 14.1 Å². The molecule has 0 aliphatic carbocycles. The molecule has 7 heteroatoms. The largest absolute Gasteiger partial charge is 0.375 e. The maximum absolute atomic E-state index is 5.90. The number of aryl methyl sites for hydroxylation is 1. The second kappa shape index (κ2) is 8.89. The Labute approximate surface area is 155 Å². The Kier molecular flexibility index (Phi) is 7.16. The third-order valence-corrected chi connectivity index (χ3v) is 4.33. The van der Waals surface area contributed by atoms with Crippen LogP contribution in [0.5, 0.6) is 0 Å². The smallest absolute Gasteiger partial charge is 0.194 e. The van der Waals surface area contributed by atoms with Gasteiger partial charge in [0.1, 0.15) is 6.10 Å². The number of ether oxygens (including phenoxy) is 2. The van der Waals surface area contributed by atoms with Gasteiger partial charge in [-0.3, -0.25) is 4.99 Å². The molecule has 130 valence electrons. The lowest BCUT2D eigenvalue weighted by Gasteiger charge is -2.37. The highest BCUT2D eigenvalue weighted by Gasteiger charge is 2.32. The molecule has 2 unspecified atom stereocenters. The molecule has 0 saturated carbocycles. The lowest BCUT2D eigenvalue weighted by atomic mass is 10.1. The minimum atomic E-state index is 0. The molecule has 2 aliphatic heterocycles. The molecule has 2 fully saturated rings. The highest BCUT2D eigenvalue weighted by atomic mass is 127. The number of hydrogen-bond acceptors (Lipinski definition) is 3. The van der Waals surface area contributed by atoms with Crippen LogP contribution < -0.4 is 5.32 Å². The summed E-state index contributed by atoms with van der Waals surface area (Å²) in [5, 5.41) is 3.45. The van der Waals surface area contributed by atoms with Gasteiger partial charge in [0.05, 0.1) is 12.7 Å². The minimum Gasteiger partial charge on any atom is -0.375 e. The van der Waals surface area contributed by atoms with Crippen molar-refractivity contribution >= 4 is 29.9 Å². The van der Waals surface area contributed by atoms with Crippen molar-refractivity contribution in [1.29, 1.82) is 0 Å². The number of aliphatic imine (C=N–C) groups is 1. The Morgan fingerprint density at radius 3 is 2.83 bits per heavy atom. The number of hydrogen-bond donors (Lipinski definition) is 1. The Morgan fingerprint density at radius 2 is 2.17 bits per heavy atom. The predicted molar refractivity (Wildman–Crippen MR) is 101 cm³/mol. The first-order valence-electron chi connectivity index (χ1n) is 8.06. The van der Waals surface area contributed by atoms with E-state index in [2.05, 4.69) is 38.2 Å². The molecule has 2 saturated heterocycles. The summed E-state index contributed by atoms with van der Waals surface area (Å²) < 4.78 is 13.7. The van der Waals surface area contributed by atoms with E-state index < -0.39 is 0 Å². The van der Waals surface area contributed by atoms with E-state index in [1.165, 1.54) is 5.56 Å². The number of guanidine groups is 1. The molecule has 0 bridgehead atoms. The summed E-state index contributed by atoms with van der Waals surface area (Å²) in [6.07, 6.45) is 6.83. The number of nitrogens with one attached hydrogen (secondary N) is 1. The number of halogens is 1. The van der Waals surface area contributed by atoms with Crippen LogP contribution >= 0.6 is 24.0 Å². The van der Waals surface area contributed by atoms with Crippen LogP contribution in [0.25, 0.3) is 0 Å². The maximum Gasteiger partial charge on any atom is 0.194 e. The first-order chi connectivity index (χ1) is 10.8. The molecule has 0 radical (unpaired) electrons. The van der Waals surface area contributed by atoms with Gasteiger partial charge in [-0.2, -0.15) is 0 Å². The normalized spacial score (nSPS) is 25.3. The van der Waals surface area contributed by atoms with Crippen LogP contribution in [0.1, 0.15) is 18.4 Å². The second-order valence-corrected chi connectivity index (χ2v) is 5.99. The van der Waals surface area contributed by atoms with Crippen molar-refractivity contribution < 1.29 is 9.47 Å². The highest BCUT2D eigenvalue weighted by Crippen LogP contribution is 2.21. The molecular weight excluding hydrogens is 407 g/mol. The fourth-order valence-electron chi connectivity index (χ4n) is 3.17. The highest BCUT2D eigenvalue weighted by molar-refractivity contribution is 14.0. The van der Waals surface area contributed by atoms with E-state index in [9.17, 15) is 0 Å². The quantitative estimate of drug-likeness (QED) is 0.446. The van der Waals surface area contributed by atoms with E-state index in [0.717, 1.165) is 51.6 Å². The van der Waals surface area contributed by atoms with E-state index in [1.54, 1.807) is 0 Å². The fourth-order valence-corrected chi connectivity index (χ4v) is 3.17. The molecule has 0 amide bonds. The van der Waals surface area contributed by atoms with Crippen molar-refractivity contribution in [3.8, 4) is 0 Å². The van der Waals surface area contributed by atoms with Crippen molar-refractivity contribution in [2.75, 3.05) is 33.4 Å². The van der Waals surface area contributed by atoms with E-state index >= 15 is 0 Å². The standard InChI is InChI=1S/C16H26N4O2.HI/c1-17-16(18-10-13-5-6-19(2)11-13)20-7-9-22-15(12-20)14-4-3-8-21-14;/h5-6,11,14-15H,3-4,7-10,12H2,1-2H3,(H,17,18);1H. The zero-order chi connectivity index (χ0) is 15.4. The summed E-state index contributed by atoms with van der Waals surface area (Å²) in [7, 11) is 3.87. The molecule has 1 aromatic rings. The van der Waals surface area contributed by atoms with Crippen LogP contribution in [0.2, 0.25) is 0 Å². The van der Waals surface area contributed by atoms with Gasteiger partial charge in [-0.05, 0) is 24.5 Å². The van der Waals surface area contributed by atoms with Crippen molar-refractivity contribution in [1.82, 2.24) is 14.8 Å². The molecule has 2 aliphatic rings. The van der Waals surface area contributed by atoms with E-state index in [4.69, 9.17) is 9.47 Å². The molecule has 2 atom stereocenters. The molecule has 3 rings (SSSR count). The lowest BCUT2D eigenvalue weighted by Crippen LogP contribution is -2.53. The van der Waals surface area contributed by atoms with Crippen LogP contribution in [0.3, 0.4) is 0 Å². The van der Waals surface area contributed by atoms with Gasteiger partial charge in [0, 0.05) is 52.7 Å². The van der Waals surface area contributed by atoms with E-state index in [0.29, 0.717) is 0 Å². The van der Waals surface area contributed by atoms with Crippen LogP contribution in [-0.2, 0) is 23.1 Å². The average Bonchev–Trinajstić information content (AvgIpc) is 3.20. The van der Waals surface area contributed by atoms with Crippen molar-refractivity contribution in [2.24, 2.45) is 12.0 Å². The molecule has 1 aromatic heterocycles. The van der Waals surface area contributed by atoms with Gasteiger partial charge in [-0.15, -0.1) is 24.0 Å². The zero-order valence-electron chi connectivity index (χ0n) is 13.9. The maximum atomic E-state index is 5.90. The Bertz CT molecular complexity index is 514. The third-order valence-electron chi connectivity index (χ3n) is 4.33. The van der Waals surface area contributed by atoms with Crippen LogP contribution in [-0.4, -0.2) is 61.0 Å². The molecule has 1 N–H and O–H groups in total. The summed E-state index contributed by atoms with van der Waals surface area (Å²) >= 11 is 0. The summed E-state index contributed by atoms with van der Waals surface area (Å²) in [5.41, 5.74) is 1.26. The van der Waals surface area contributed by atoms with Crippen LogP contribution in [0, 0.1) is 0 Å². The third kappa shape index (κ3) is 4.84. The topological polar surface area (TPSA) is 51.0 Å². The van der Waals surface area contributed by atoms with Crippen LogP contribution in [0.15, 0.2) is 23.5 Å². The molecule has 23 heavy (non-hydrogen) atoms. The lowest BCUT2D eigenvalue weighted by molar-refractivity contribution is -0.0817. The molecule has 3 heterocycles. The van der Waals surface area contributed by atoms with Gasteiger partial charge in [-0.1, -0.05) is 0 Å². The minimum absolute atomic E-state index is 0. The number of aromatic nitrogens is 1. The fraction of sp³-hybridized carbons (Fsp3) is 0.688. The van der Waals surface area contributed by atoms with Gasteiger partial charge in [0.15, 0.2) is 5.96 Å². The second-order valence-electron chi connectivity index (χ2n) is 5.99. The van der Waals surface area contributed by atoms with Gasteiger partial charge >= 0.3 is 0 Å². The summed E-state index contributed by atoms with van der Waals surface area (Å²) in [6.45, 7) is 4.11. The van der Waals surface area contributed by atoms with E-state index in [-0.39, 0.29) is 36.2 Å². The SMILES string of the molecule is CN=C(NCc1ccn(C)c1)N1CCOC(C2CCCO2)C1.I. The number of morpholine rings is 1. The number of nitrogens with zero attached hydrogens (tertiary/aromatic N) is 3. The summed E-state index contributed by atoms with van der Waals surface area (Å²) in [6, 6.07) is 2.12.